The predicted octanol–water partition coefficient (Wildman–Crippen LogP) is 1.74. The maximum atomic E-state index is 13.5. The summed E-state index contributed by atoms with van der Waals surface area (Å²) in [7, 11) is 0. The van der Waals surface area contributed by atoms with Crippen LogP contribution in [-0.2, 0) is 4.79 Å². The molecule has 1 aliphatic heterocycles. The predicted molar refractivity (Wildman–Crippen MR) is 67.6 cm³/mol. The molecule has 1 heterocycles. The lowest BCUT2D eigenvalue weighted by Crippen LogP contribution is -2.27. The Morgan fingerprint density at radius 2 is 2.10 bits per heavy atom. The fourth-order valence-corrected chi connectivity index (χ4v) is 2.16. The van der Waals surface area contributed by atoms with Gasteiger partial charge in [-0.3, -0.25) is 4.79 Å². The number of aromatic carboxylic acids is 1. The number of carboxylic acids is 1. The van der Waals surface area contributed by atoms with Crippen LogP contribution in [0.25, 0.3) is 0 Å². The van der Waals surface area contributed by atoms with Gasteiger partial charge < -0.3 is 15.7 Å². The maximum absolute atomic E-state index is 13.5. The number of carbonyl (C=O) groups excluding carboxylic acids is 1. The molecular weight excluding hydrogens is 270 g/mol. The summed E-state index contributed by atoms with van der Waals surface area (Å²) in [6.45, 7) is 0.839. The van der Waals surface area contributed by atoms with Crippen molar-refractivity contribution in [2.75, 3.05) is 11.9 Å². The van der Waals surface area contributed by atoms with E-state index in [1.807, 2.05) is 0 Å². The lowest BCUT2D eigenvalue weighted by Gasteiger charge is -2.11. The third-order valence-corrected chi connectivity index (χ3v) is 3.16. The average molecular weight is 284 g/mol. The van der Waals surface area contributed by atoms with Crippen LogP contribution in [0.5, 0.6) is 0 Å². The van der Waals surface area contributed by atoms with Gasteiger partial charge in [-0.1, -0.05) is 0 Å². The van der Waals surface area contributed by atoms with Gasteiger partial charge in [0.1, 0.15) is 11.6 Å². The minimum atomic E-state index is -1.52. The summed E-state index contributed by atoms with van der Waals surface area (Å²) in [5, 5.41) is 14.2. The van der Waals surface area contributed by atoms with Crippen molar-refractivity contribution in [2.24, 2.45) is 0 Å². The topological polar surface area (TPSA) is 78.4 Å². The molecule has 20 heavy (non-hydrogen) atoms. The molecule has 2 rings (SSSR count). The monoisotopic (exact) mass is 284 g/mol. The molecule has 7 heteroatoms. The SMILES string of the molecule is O=C(CC1CCCN1)Nc1cc(C(=O)O)c(F)cc1F. The van der Waals surface area contributed by atoms with Gasteiger partial charge in [0.2, 0.25) is 5.91 Å². The lowest BCUT2D eigenvalue weighted by molar-refractivity contribution is -0.116. The number of halogens is 2. The number of amides is 1. The van der Waals surface area contributed by atoms with Crippen molar-refractivity contribution in [1.29, 1.82) is 0 Å². The van der Waals surface area contributed by atoms with Gasteiger partial charge in [0.05, 0.1) is 11.3 Å². The lowest BCUT2D eigenvalue weighted by atomic mass is 10.1. The van der Waals surface area contributed by atoms with Crippen molar-refractivity contribution in [3.8, 4) is 0 Å². The Labute approximate surface area is 114 Å². The molecule has 0 radical (unpaired) electrons. The van der Waals surface area contributed by atoms with E-state index >= 15 is 0 Å². The van der Waals surface area contributed by atoms with Crippen LogP contribution in [0.2, 0.25) is 0 Å². The molecule has 1 unspecified atom stereocenters. The van der Waals surface area contributed by atoms with Crippen LogP contribution in [0.4, 0.5) is 14.5 Å². The second kappa shape index (κ2) is 5.96. The fourth-order valence-electron chi connectivity index (χ4n) is 2.16. The minimum absolute atomic E-state index is 0.0393. The molecule has 108 valence electrons. The van der Waals surface area contributed by atoms with Crippen LogP contribution in [0.3, 0.4) is 0 Å². The molecule has 1 amide bonds. The first kappa shape index (κ1) is 14.4. The number of benzene rings is 1. The third kappa shape index (κ3) is 3.30. The third-order valence-electron chi connectivity index (χ3n) is 3.16. The van der Waals surface area contributed by atoms with Crippen molar-refractivity contribution in [3.05, 3.63) is 29.3 Å². The summed E-state index contributed by atoms with van der Waals surface area (Å²) in [5.74, 6) is -4.13. The molecule has 0 bridgehead atoms. The van der Waals surface area contributed by atoms with Crippen LogP contribution >= 0.6 is 0 Å². The highest BCUT2D eigenvalue weighted by molar-refractivity contribution is 5.94. The van der Waals surface area contributed by atoms with E-state index in [1.165, 1.54) is 0 Å². The van der Waals surface area contributed by atoms with E-state index in [0.717, 1.165) is 25.5 Å². The maximum Gasteiger partial charge on any atom is 0.338 e. The molecule has 1 aromatic rings. The van der Waals surface area contributed by atoms with Gasteiger partial charge in [-0.25, -0.2) is 13.6 Å². The van der Waals surface area contributed by atoms with Gasteiger partial charge in [0.15, 0.2) is 0 Å². The molecule has 3 N–H and O–H groups in total. The van der Waals surface area contributed by atoms with E-state index in [0.29, 0.717) is 6.07 Å². The van der Waals surface area contributed by atoms with Crippen LogP contribution < -0.4 is 10.6 Å². The highest BCUT2D eigenvalue weighted by Crippen LogP contribution is 2.20. The first-order valence-corrected chi connectivity index (χ1v) is 6.23. The number of anilines is 1. The zero-order valence-corrected chi connectivity index (χ0v) is 10.6. The molecule has 5 nitrogen and oxygen atoms in total. The Hall–Kier alpha value is -2.02. The van der Waals surface area contributed by atoms with Crippen molar-refractivity contribution in [2.45, 2.75) is 25.3 Å². The molecule has 1 aromatic carbocycles. The Kier molecular flexibility index (Phi) is 4.29. The Bertz CT molecular complexity index is 543. The molecule has 0 aromatic heterocycles. The van der Waals surface area contributed by atoms with Gasteiger partial charge in [-0.05, 0) is 25.5 Å². The van der Waals surface area contributed by atoms with Crippen LogP contribution in [-0.4, -0.2) is 29.6 Å². The van der Waals surface area contributed by atoms with E-state index in [2.05, 4.69) is 10.6 Å². The van der Waals surface area contributed by atoms with Crippen molar-refractivity contribution < 1.29 is 23.5 Å². The Morgan fingerprint density at radius 1 is 1.35 bits per heavy atom. The summed E-state index contributed by atoms with van der Waals surface area (Å²) in [6.07, 6.45) is 2.00. The van der Waals surface area contributed by atoms with Crippen molar-refractivity contribution in [1.82, 2.24) is 5.32 Å². The number of hydrogen-bond acceptors (Lipinski definition) is 3. The first-order chi connectivity index (χ1) is 9.47. The van der Waals surface area contributed by atoms with E-state index in [9.17, 15) is 18.4 Å². The van der Waals surface area contributed by atoms with Crippen LogP contribution in [0.15, 0.2) is 12.1 Å². The molecule has 1 aliphatic rings. The summed E-state index contributed by atoms with van der Waals surface area (Å²) in [6, 6.07) is 1.28. The second-order valence-electron chi connectivity index (χ2n) is 4.66. The number of nitrogens with one attached hydrogen (secondary N) is 2. The number of carbonyl (C=O) groups is 2. The zero-order chi connectivity index (χ0) is 14.7. The van der Waals surface area contributed by atoms with Gasteiger partial charge in [-0.15, -0.1) is 0 Å². The fraction of sp³-hybridized carbons (Fsp3) is 0.385. The van der Waals surface area contributed by atoms with Crippen LogP contribution in [0.1, 0.15) is 29.6 Å². The van der Waals surface area contributed by atoms with Crippen molar-refractivity contribution in [3.63, 3.8) is 0 Å². The Balaban J connectivity index is 2.09. The molecule has 1 atom stereocenters. The van der Waals surface area contributed by atoms with Crippen LogP contribution in [0, 0.1) is 11.6 Å². The van der Waals surface area contributed by atoms with E-state index in [4.69, 9.17) is 5.11 Å². The van der Waals surface area contributed by atoms with E-state index in [1.54, 1.807) is 0 Å². The molecule has 1 saturated heterocycles. The summed E-state index contributed by atoms with van der Waals surface area (Å²) in [5.41, 5.74) is -1.01. The summed E-state index contributed by atoms with van der Waals surface area (Å²) in [4.78, 5) is 22.5. The second-order valence-corrected chi connectivity index (χ2v) is 4.66. The molecule has 0 saturated carbocycles. The van der Waals surface area contributed by atoms with Gasteiger partial charge in [-0.2, -0.15) is 0 Å². The normalized spacial score (nSPS) is 18.0. The largest absolute Gasteiger partial charge is 0.478 e. The molecule has 0 aliphatic carbocycles. The quantitative estimate of drug-likeness (QED) is 0.787. The number of hydrogen-bond donors (Lipinski definition) is 3. The van der Waals surface area contributed by atoms with E-state index < -0.39 is 29.1 Å². The highest BCUT2D eigenvalue weighted by Gasteiger charge is 2.20. The smallest absolute Gasteiger partial charge is 0.338 e. The molecule has 0 spiro atoms. The number of carboxylic acid groups (broad SMARTS) is 1. The summed E-state index contributed by atoms with van der Waals surface area (Å²) >= 11 is 0. The average Bonchev–Trinajstić information content (AvgIpc) is 2.84. The Morgan fingerprint density at radius 3 is 2.70 bits per heavy atom. The standard InChI is InChI=1S/C13H14F2N2O3/c14-9-6-10(15)11(5-8(9)13(19)20)17-12(18)4-7-2-1-3-16-7/h5-7,16H,1-4H2,(H,17,18)(H,19,20). The minimum Gasteiger partial charge on any atom is -0.478 e. The molecule has 1 fully saturated rings. The summed E-state index contributed by atoms with van der Waals surface area (Å²) < 4.78 is 26.7. The van der Waals surface area contributed by atoms with Crippen molar-refractivity contribution >= 4 is 17.6 Å². The van der Waals surface area contributed by atoms with Gasteiger partial charge in [0, 0.05) is 18.5 Å². The molecular formula is C13H14F2N2O3. The first-order valence-electron chi connectivity index (χ1n) is 6.23. The zero-order valence-electron chi connectivity index (χ0n) is 10.6. The van der Waals surface area contributed by atoms with Gasteiger partial charge in [0.25, 0.3) is 0 Å². The highest BCUT2D eigenvalue weighted by atomic mass is 19.1. The van der Waals surface area contributed by atoms with E-state index in [-0.39, 0.29) is 18.2 Å². The number of rotatable bonds is 4. The van der Waals surface area contributed by atoms with Gasteiger partial charge >= 0.3 is 5.97 Å².